The van der Waals surface area contributed by atoms with E-state index < -0.39 is 0 Å². The summed E-state index contributed by atoms with van der Waals surface area (Å²) >= 11 is 0. The number of likely N-dealkylation sites (tertiary alicyclic amines) is 1. The van der Waals surface area contributed by atoms with Gasteiger partial charge in [0.1, 0.15) is 0 Å². The molecule has 0 aromatic rings. The number of carbonyl (C=O) groups is 1. The average molecular weight is 295 g/mol. The van der Waals surface area contributed by atoms with Gasteiger partial charge in [-0.05, 0) is 58.3 Å². The fourth-order valence-corrected chi connectivity index (χ4v) is 3.85. The van der Waals surface area contributed by atoms with Crippen LogP contribution in [0.25, 0.3) is 0 Å². The van der Waals surface area contributed by atoms with E-state index in [4.69, 9.17) is 0 Å². The van der Waals surface area contributed by atoms with Crippen LogP contribution >= 0.6 is 0 Å². The van der Waals surface area contributed by atoms with E-state index in [1.165, 1.54) is 38.8 Å². The molecule has 0 atom stereocenters. The van der Waals surface area contributed by atoms with Crippen molar-refractivity contribution in [1.82, 2.24) is 15.5 Å². The number of nitrogens with one attached hydrogen (secondary N) is 2. The Bertz CT molecular complexity index is 300. The first-order valence-corrected chi connectivity index (χ1v) is 8.98. The lowest BCUT2D eigenvalue weighted by Crippen LogP contribution is -2.49. The Morgan fingerprint density at radius 1 is 1.14 bits per heavy atom. The Kier molecular flexibility index (Phi) is 6.97. The molecule has 0 aromatic carbocycles. The van der Waals surface area contributed by atoms with Crippen LogP contribution in [-0.2, 0) is 4.79 Å². The van der Waals surface area contributed by atoms with Crippen molar-refractivity contribution in [3.63, 3.8) is 0 Å². The van der Waals surface area contributed by atoms with Crippen molar-refractivity contribution >= 4 is 5.91 Å². The molecular weight excluding hydrogens is 262 g/mol. The summed E-state index contributed by atoms with van der Waals surface area (Å²) < 4.78 is 0. The summed E-state index contributed by atoms with van der Waals surface area (Å²) in [5.74, 6) is 0.306. The Morgan fingerprint density at radius 3 is 2.43 bits per heavy atom. The van der Waals surface area contributed by atoms with Gasteiger partial charge >= 0.3 is 0 Å². The third kappa shape index (κ3) is 4.96. The number of piperidine rings is 1. The maximum atomic E-state index is 12.7. The van der Waals surface area contributed by atoms with Crippen LogP contribution in [0.5, 0.6) is 0 Å². The van der Waals surface area contributed by atoms with Gasteiger partial charge in [-0.1, -0.05) is 26.2 Å². The summed E-state index contributed by atoms with van der Waals surface area (Å²) in [4.78, 5) is 15.2. The van der Waals surface area contributed by atoms with Crippen molar-refractivity contribution in [1.29, 1.82) is 0 Å². The Hall–Kier alpha value is -0.610. The highest BCUT2D eigenvalue weighted by atomic mass is 16.2. The summed E-state index contributed by atoms with van der Waals surface area (Å²) in [6.07, 6.45) is 9.50. The molecule has 2 saturated heterocycles. The molecule has 1 amide bonds. The lowest BCUT2D eigenvalue weighted by molar-refractivity contribution is -0.133. The van der Waals surface area contributed by atoms with E-state index in [-0.39, 0.29) is 5.41 Å². The van der Waals surface area contributed by atoms with E-state index in [0.29, 0.717) is 5.91 Å². The molecule has 2 aliphatic heterocycles. The molecule has 2 N–H and O–H groups in total. The normalized spacial score (nSPS) is 23.5. The third-order valence-corrected chi connectivity index (χ3v) is 5.18. The molecule has 0 aliphatic carbocycles. The average Bonchev–Trinajstić information content (AvgIpc) is 2.77. The molecular formula is C17H33N3O. The molecule has 0 saturated carbocycles. The number of amides is 1. The first-order chi connectivity index (χ1) is 10.3. The highest BCUT2D eigenvalue weighted by Gasteiger charge is 2.38. The molecule has 0 bridgehead atoms. The van der Waals surface area contributed by atoms with Gasteiger partial charge in [0.2, 0.25) is 5.91 Å². The fraction of sp³-hybridized carbons (Fsp3) is 0.941. The Labute approximate surface area is 130 Å². The van der Waals surface area contributed by atoms with Crippen molar-refractivity contribution < 1.29 is 4.79 Å². The van der Waals surface area contributed by atoms with Crippen LogP contribution in [0.1, 0.15) is 58.3 Å². The van der Waals surface area contributed by atoms with Crippen LogP contribution < -0.4 is 10.6 Å². The van der Waals surface area contributed by atoms with Crippen molar-refractivity contribution in [2.75, 3.05) is 39.3 Å². The van der Waals surface area contributed by atoms with E-state index in [1.807, 2.05) is 0 Å². The van der Waals surface area contributed by atoms with Crippen LogP contribution in [0.3, 0.4) is 0 Å². The number of nitrogens with zero attached hydrogens (tertiary/aromatic N) is 1. The van der Waals surface area contributed by atoms with Crippen molar-refractivity contribution in [2.45, 2.75) is 58.3 Å². The van der Waals surface area contributed by atoms with Crippen LogP contribution in [0, 0.1) is 5.41 Å². The van der Waals surface area contributed by atoms with Crippen LogP contribution in [0.15, 0.2) is 0 Å². The molecule has 4 nitrogen and oxygen atoms in total. The standard InChI is InChI=1S/C17H33N3O/c1-2-7-17(8-10-18-11-9-17)16(21)19-12-15-20-13-5-3-4-6-14-20/h18H,2-15H2,1H3,(H,19,21). The van der Waals surface area contributed by atoms with Gasteiger partial charge in [0, 0.05) is 13.1 Å². The van der Waals surface area contributed by atoms with Crippen LogP contribution in [0.4, 0.5) is 0 Å². The van der Waals surface area contributed by atoms with Crippen molar-refractivity contribution in [3.8, 4) is 0 Å². The molecule has 2 rings (SSSR count). The minimum atomic E-state index is -0.0984. The summed E-state index contributed by atoms with van der Waals surface area (Å²) in [5, 5.41) is 6.62. The maximum absolute atomic E-state index is 12.7. The second-order valence-corrected chi connectivity index (χ2v) is 6.79. The summed E-state index contributed by atoms with van der Waals surface area (Å²) in [7, 11) is 0. The highest BCUT2D eigenvalue weighted by Crippen LogP contribution is 2.34. The van der Waals surface area contributed by atoms with E-state index in [1.54, 1.807) is 0 Å². The third-order valence-electron chi connectivity index (χ3n) is 5.18. The van der Waals surface area contributed by atoms with E-state index >= 15 is 0 Å². The molecule has 4 heteroatoms. The van der Waals surface area contributed by atoms with Gasteiger partial charge in [0.05, 0.1) is 5.41 Å². The Morgan fingerprint density at radius 2 is 1.81 bits per heavy atom. The first-order valence-electron chi connectivity index (χ1n) is 8.98. The predicted octanol–water partition coefficient (Wildman–Crippen LogP) is 2.15. The second kappa shape index (κ2) is 8.74. The van der Waals surface area contributed by atoms with Gasteiger partial charge in [-0.2, -0.15) is 0 Å². The second-order valence-electron chi connectivity index (χ2n) is 6.79. The van der Waals surface area contributed by atoms with Crippen molar-refractivity contribution in [3.05, 3.63) is 0 Å². The zero-order valence-electron chi connectivity index (χ0n) is 13.8. The molecule has 0 radical (unpaired) electrons. The molecule has 0 unspecified atom stereocenters. The van der Waals surface area contributed by atoms with Gasteiger partial charge in [0.15, 0.2) is 0 Å². The lowest BCUT2D eigenvalue weighted by Gasteiger charge is -2.36. The SMILES string of the molecule is CCCC1(C(=O)NCCN2CCCCCC2)CCNCC1. The zero-order valence-corrected chi connectivity index (χ0v) is 13.8. The Balaban J connectivity index is 1.76. The summed E-state index contributed by atoms with van der Waals surface area (Å²) in [6.45, 7) is 8.41. The number of hydrogen-bond donors (Lipinski definition) is 2. The first kappa shape index (κ1) is 16.8. The lowest BCUT2D eigenvalue weighted by atomic mass is 9.74. The van der Waals surface area contributed by atoms with Gasteiger partial charge < -0.3 is 15.5 Å². The van der Waals surface area contributed by atoms with E-state index in [9.17, 15) is 4.79 Å². The molecule has 0 aromatic heterocycles. The van der Waals surface area contributed by atoms with Gasteiger partial charge in [-0.3, -0.25) is 4.79 Å². The van der Waals surface area contributed by atoms with E-state index in [2.05, 4.69) is 22.5 Å². The topological polar surface area (TPSA) is 44.4 Å². The largest absolute Gasteiger partial charge is 0.354 e. The monoisotopic (exact) mass is 295 g/mol. The molecule has 21 heavy (non-hydrogen) atoms. The highest BCUT2D eigenvalue weighted by molar-refractivity contribution is 5.82. The van der Waals surface area contributed by atoms with Crippen molar-refractivity contribution in [2.24, 2.45) is 5.41 Å². The predicted molar refractivity (Wildman–Crippen MR) is 87.4 cm³/mol. The van der Waals surface area contributed by atoms with Gasteiger partial charge in [-0.25, -0.2) is 0 Å². The number of hydrogen-bond acceptors (Lipinski definition) is 3. The van der Waals surface area contributed by atoms with Gasteiger partial charge in [-0.15, -0.1) is 0 Å². The minimum Gasteiger partial charge on any atom is -0.354 e. The molecule has 2 fully saturated rings. The fourth-order valence-electron chi connectivity index (χ4n) is 3.85. The molecule has 122 valence electrons. The van der Waals surface area contributed by atoms with Gasteiger partial charge in [0.25, 0.3) is 0 Å². The number of rotatable bonds is 6. The quantitative estimate of drug-likeness (QED) is 0.789. The summed E-state index contributed by atoms with van der Waals surface area (Å²) in [5.41, 5.74) is -0.0984. The summed E-state index contributed by atoms with van der Waals surface area (Å²) in [6, 6.07) is 0. The smallest absolute Gasteiger partial charge is 0.226 e. The van der Waals surface area contributed by atoms with Crippen LogP contribution in [-0.4, -0.2) is 50.1 Å². The van der Waals surface area contributed by atoms with E-state index in [0.717, 1.165) is 51.9 Å². The molecule has 2 heterocycles. The molecule has 0 spiro atoms. The minimum absolute atomic E-state index is 0.0984. The molecule has 2 aliphatic rings. The maximum Gasteiger partial charge on any atom is 0.226 e. The zero-order chi connectivity index (χ0) is 15.0. The number of carbonyl (C=O) groups excluding carboxylic acids is 1. The van der Waals surface area contributed by atoms with Crippen LogP contribution in [0.2, 0.25) is 0 Å².